The second-order valence-electron chi connectivity index (χ2n) is 9.87. The number of hydrogen-bond acceptors (Lipinski definition) is 3. The number of benzene rings is 6. The van der Waals surface area contributed by atoms with E-state index in [-0.39, 0.29) is 0 Å². The lowest BCUT2D eigenvalue weighted by atomic mass is 10.00. The third-order valence-electron chi connectivity index (χ3n) is 7.29. The normalized spacial score (nSPS) is 11.9. The molecule has 0 aliphatic carbocycles. The Hall–Kier alpha value is -4.18. The van der Waals surface area contributed by atoms with Crippen molar-refractivity contribution in [1.29, 1.82) is 0 Å². The van der Waals surface area contributed by atoms with Crippen molar-refractivity contribution in [2.24, 2.45) is 0 Å². The number of aryl methyl sites for hydroxylation is 1. The van der Waals surface area contributed by atoms with E-state index in [1.54, 1.807) is 0 Å². The van der Waals surface area contributed by atoms with Gasteiger partial charge in [0.25, 0.3) is 0 Å². The minimum Gasteiger partial charge on any atom is -0.310 e. The molecule has 0 amide bonds. The molecule has 7 rings (SSSR count). The molecule has 0 fully saturated rings. The summed E-state index contributed by atoms with van der Waals surface area (Å²) in [4.78, 5) is 7.68. The Bertz CT molecular complexity index is 1790. The minimum absolute atomic E-state index is 1.14. The lowest BCUT2D eigenvalue weighted by Gasteiger charge is -2.27. The van der Waals surface area contributed by atoms with Gasteiger partial charge in [0.1, 0.15) is 0 Å². The van der Waals surface area contributed by atoms with Crippen LogP contribution >= 0.6 is 23.5 Å². The molecule has 0 unspecified atom stereocenters. The molecule has 0 saturated carbocycles. The van der Waals surface area contributed by atoms with Gasteiger partial charge in [0, 0.05) is 36.6 Å². The maximum atomic E-state index is 2.33. The summed E-state index contributed by atoms with van der Waals surface area (Å²) < 4.78 is 0. The largest absolute Gasteiger partial charge is 0.310 e. The van der Waals surface area contributed by atoms with Crippen LogP contribution in [0, 0.1) is 6.92 Å². The second kappa shape index (κ2) is 10.8. The fourth-order valence-electron chi connectivity index (χ4n) is 5.24. The first-order valence-corrected chi connectivity index (χ1v) is 15.1. The Kier molecular flexibility index (Phi) is 6.68. The minimum atomic E-state index is 1.14. The van der Waals surface area contributed by atoms with Crippen LogP contribution in [0.5, 0.6) is 0 Å². The van der Waals surface area contributed by atoms with Crippen LogP contribution in [0.15, 0.2) is 165 Å². The Balaban J connectivity index is 1.18. The highest BCUT2D eigenvalue weighted by molar-refractivity contribution is 8.05. The molecule has 1 aliphatic heterocycles. The predicted octanol–water partition coefficient (Wildman–Crippen LogP) is 11.4. The Labute approximate surface area is 244 Å². The summed E-state index contributed by atoms with van der Waals surface area (Å²) in [6.45, 7) is 2.17. The highest BCUT2D eigenvalue weighted by Crippen LogP contribution is 2.51. The van der Waals surface area contributed by atoms with E-state index >= 15 is 0 Å². The number of anilines is 3. The Morgan fingerprint density at radius 1 is 0.425 bits per heavy atom. The summed E-state index contributed by atoms with van der Waals surface area (Å²) in [5.41, 5.74) is 9.70. The zero-order valence-electron chi connectivity index (χ0n) is 22.1. The van der Waals surface area contributed by atoms with Crippen LogP contribution in [-0.2, 0) is 0 Å². The fourth-order valence-corrected chi connectivity index (χ4v) is 7.64. The van der Waals surface area contributed by atoms with E-state index in [9.17, 15) is 0 Å². The van der Waals surface area contributed by atoms with Gasteiger partial charge in [0.2, 0.25) is 0 Å². The van der Waals surface area contributed by atoms with Crippen LogP contribution in [0.4, 0.5) is 17.1 Å². The highest BCUT2D eigenvalue weighted by atomic mass is 32.2. The summed E-state index contributed by atoms with van der Waals surface area (Å²) >= 11 is 3.75. The van der Waals surface area contributed by atoms with Gasteiger partial charge in [-0.25, -0.2) is 0 Å². The van der Waals surface area contributed by atoms with Crippen LogP contribution in [0.3, 0.4) is 0 Å². The summed E-state index contributed by atoms with van der Waals surface area (Å²) in [6, 6.07) is 52.4. The van der Waals surface area contributed by atoms with Gasteiger partial charge in [-0.15, -0.1) is 0 Å². The first kappa shape index (κ1) is 24.8. The molecule has 0 atom stereocenters. The Morgan fingerprint density at radius 2 is 0.975 bits per heavy atom. The maximum absolute atomic E-state index is 2.33. The standard InChI is InChI=1S/C37H27NS2/c1-26-10-5-6-14-33(26)38(30-11-3-2-4-12-30)31-24-22-28(23-25-31)27-18-20-29(21-19-27)32-13-9-17-36-37(32)40-35-16-8-7-15-34(35)39-36/h2-25H,1H3. The average Bonchev–Trinajstić information content (AvgIpc) is 3.02. The molecule has 0 bridgehead atoms. The lowest BCUT2D eigenvalue weighted by molar-refractivity contribution is 1.16. The molecule has 0 aromatic heterocycles. The van der Waals surface area contributed by atoms with Gasteiger partial charge in [-0.2, -0.15) is 0 Å². The number of hydrogen-bond donors (Lipinski definition) is 0. The van der Waals surface area contributed by atoms with E-state index in [1.165, 1.54) is 53.1 Å². The van der Waals surface area contributed by atoms with Gasteiger partial charge in [-0.3, -0.25) is 0 Å². The summed E-state index contributed by atoms with van der Waals surface area (Å²) in [7, 11) is 0. The molecule has 40 heavy (non-hydrogen) atoms. The SMILES string of the molecule is Cc1ccccc1N(c1ccccc1)c1ccc(-c2ccc(-c3cccc4c3Sc3ccccc3S4)cc2)cc1. The molecule has 1 aliphatic rings. The monoisotopic (exact) mass is 549 g/mol. The zero-order chi connectivity index (χ0) is 26.9. The molecule has 6 aromatic rings. The van der Waals surface area contributed by atoms with Gasteiger partial charge in [-0.05, 0) is 83.3 Å². The van der Waals surface area contributed by atoms with E-state index in [1.807, 2.05) is 23.5 Å². The molecule has 1 heterocycles. The first-order valence-electron chi connectivity index (χ1n) is 13.4. The van der Waals surface area contributed by atoms with E-state index in [4.69, 9.17) is 0 Å². The molecule has 0 saturated heterocycles. The predicted molar refractivity (Wildman–Crippen MR) is 171 cm³/mol. The number of para-hydroxylation sites is 2. The first-order chi connectivity index (χ1) is 19.7. The summed E-state index contributed by atoms with van der Waals surface area (Å²) in [6.07, 6.45) is 0. The number of rotatable bonds is 5. The van der Waals surface area contributed by atoms with Crippen molar-refractivity contribution in [3.8, 4) is 22.3 Å². The summed E-state index contributed by atoms with van der Waals surface area (Å²) in [5, 5.41) is 0. The smallest absolute Gasteiger partial charge is 0.0490 e. The van der Waals surface area contributed by atoms with Crippen LogP contribution in [-0.4, -0.2) is 0 Å². The third kappa shape index (κ3) is 4.72. The molecule has 3 heteroatoms. The van der Waals surface area contributed by atoms with Gasteiger partial charge in [0.15, 0.2) is 0 Å². The van der Waals surface area contributed by atoms with Crippen LogP contribution in [0.1, 0.15) is 5.56 Å². The van der Waals surface area contributed by atoms with Crippen LogP contribution in [0.2, 0.25) is 0 Å². The Morgan fingerprint density at radius 3 is 1.70 bits per heavy atom. The number of fused-ring (bicyclic) bond motifs is 2. The van der Waals surface area contributed by atoms with E-state index in [2.05, 4.69) is 157 Å². The van der Waals surface area contributed by atoms with E-state index in [0.717, 1.165) is 11.4 Å². The lowest BCUT2D eigenvalue weighted by Crippen LogP contribution is -2.11. The topological polar surface area (TPSA) is 3.24 Å². The van der Waals surface area contributed by atoms with Crippen molar-refractivity contribution in [2.75, 3.05) is 4.90 Å². The van der Waals surface area contributed by atoms with Crippen molar-refractivity contribution in [3.63, 3.8) is 0 Å². The van der Waals surface area contributed by atoms with E-state index in [0.29, 0.717) is 0 Å². The van der Waals surface area contributed by atoms with E-state index < -0.39 is 0 Å². The van der Waals surface area contributed by atoms with Crippen molar-refractivity contribution >= 4 is 40.6 Å². The molecule has 192 valence electrons. The second-order valence-corrected chi connectivity index (χ2v) is 12.0. The maximum Gasteiger partial charge on any atom is 0.0490 e. The molecule has 1 nitrogen and oxygen atoms in total. The third-order valence-corrected chi connectivity index (χ3v) is 9.90. The van der Waals surface area contributed by atoms with Gasteiger partial charge < -0.3 is 4.90 Å². The quantitative estimate of drug-likeness (QED) is 0.210. The molecule has 0 spiro atoms. The van der Waals surface area contributed by atoms with Crippen molar-refractivity contribution in [2.45, 2.75) is 26.5 Å². The number of nitrogens with zero attached hydrogens (tertiary/aromatic N) is 1. The summed E-state index contributed by atoms with van der Waals surface area (Å²) in [5.74, 6) is 0. The molecule has 0 radical (unpaired) electrons. The fraction of sp³-hybridized carbons (Fsp3) is 0.0270. The van der Waals surface area contributed by atoms with Crippen LogP contribution in [0.25, 0.3) is 22.3 Å². The van der Waals surface area contributed by atoms with Crippen molar-refractivity contribution in [1.82, 2.24) is 0 Å². The zero-order valence-corrected chi connectivity index (χ0v) is 23.8. The van der Waals surface area contributed by atoms with Gasteiger partial charge in [-0.1, -0.05) is 121 Å². The molecular formula is C37H27NS2. The molecule has 6 aromatic carbocycles. The molecule has 0 N–H and O–H groups in total. The van der Waals surface area contributed by atoms with Crippen LogP contribution < -0.4 is 4.90 Å². The molecular weight excluding hydrogens is 523 g/mol. The highest BCUT2D eigenvalue weighted by Gasteiger charge is 2.20. The van der Waals surface area contributed by atoms with Crippen molar-refractivity contribution in [3.05, 3.63) is 151 Å². The van der Waals surface area contributed by atoms with Gasteiger partial charge >= 0.3 is 0 Å². The van der Waals surface area contributed by atoms with Gasteiger partial charge in [0.05, 0.1) is 0 Å². The average molecular weight is 550 g/mol. The van der Waals surface area contributed by atoms with Crippen molar-refractivity contribution < 1.29 is 0 Å².